The summed E-state index contributed by atoms with van der Waals surface area (Å²) in [5.41, 5.74) is 7.94. The molecule has 2 aliphatic rings. The van der Waals surface area contributed by atoms with E-state index in [0.717, 1.165) is 32.1 Å². The molecule has 8 rings (SSSR count). The van der Waals surface area contributed by atoms with Crippen molar-refractivity contribution in [3.63, 3.8) is 0 Å². The van der Waals surface area contributed by atoms with Crippen LogP contribution in [0, 0.1) is 5.41 Å². The molecule has 5 heteroatoms. The monoisotopic (exact) mass is 848 g/mol. The van der Waals surface area contributed by atoms with Gasteiger partial charge in [0.1, 0.15) is 0 Å². The summed E-state index contributed by atoms with van der Waals surface area (Å²) in [4.78, 5) is 0. The molecule has 2 nitrogen and oxygen atoms in total. The minimum atomic E-state index is -0.971. The van der Waals surface area contributed by atoms with Gasteiger partial charge in [-0.05, 0) is 81.9 Å². The van der Waals surface area contributed by atoms with Crippen molar-refractivity contribution in [3.8, 4) is 0 Å². The lowest BCUT2D eigenvalue weighted by atomic mass is 9.75. The Kier molecular flexibility index (Phi) is 14.9. The summed E-state index contributed by atoms with van der Waals surface area (Å²) < 4.78 is 5.70. The summed E-state index contributed by atoms with van der Waals surface area (Å²) in [7, 11) is -0.287. The third-order valence-electron chi connectivity index (χ3n) is 11.8. The molecule has 304 valence electrons. The molecule has 0 aromatic heterocycles. The Labute approximate surface area is 368 Å². The van der Waals surface area contributed by atoms with Gasteiger partial charge in [-0.25, -0.2) is 4.44 Å². The molecule has 0 saturated carbocycles. The number of hydrogen-bond donors (Lipinski definition) is 0. The Morgan fingerprint density at radius 2 is 0.934 bits per heavy atom. The van der Waals surface area contributed by atoms with Crippen molar-refractivity contribution in [2.75, 3.05) is 7.05 Å². The Balaban J connectivity index is 1.19. The highest BCUT2D eigenvalue weighted by Gasteiger charge is 2.40. The van der Waals surface area contributed by atoms with E-state index in [4.69, 9.17) is 0 Å². The quantitative estimate of drug-likeness (QED) is 0.0483. The van der Waals surface area contributed by atoms with Gasteiger partial charge in [0.2, 0.25) is 0 Å². The predicted octanol–water partition coefficient (Wildman–Crippen LogP) is 12.0. The fraction of sp³-hybridized carbons (Fsp3) is 0.179. The van der Waals surface area contributed by atoms with Crippen molar-refractivity contribution in [1.29, 1.82) is 0 Å². The minimum absolute atomic E-state index is 0.00713. The van der Waals surface area contributed by atoms with Gasteiger partial charge in [-0.1, -0.05) is 238 Å². The summed E-state index contributed by atoms with van der Waals surface area (Å²) >= 11 is 0. The predicted molar refractivity (Wildman–Crippen MR) is 268 cm³/mol. The van der Waals surface area contributed by atoms with Crippen LogP contribution in [0.15, 0.2) is 242 Å². The van der Waals surface area contributed by atoms with E-state index in [2.05, 4.69) is 259 Å². The van der Waals surface area contributed by atoms with E-state index in [0.29, 0.717) is 6.04 Å². The molecule has 0 bridgehead atoms. The van der Waals surface area contributed by atoms with Crippen LogP contribution < -0.4 is 31.8 Å². The van der Waals surface area contributed by atoms with Gasteiger partial charge < -0.3 is 0 Å². The average Bonchev–Trinajstić information content (AvgIpc) is 3.33. The van der Waals surface area contributed by atoms with Crippen LogP contribution in [0.1, 0.15) is 39.0 Å². The molecule has 61 heavy (non-hydrogen) atoms. The zero-order valence-electron chi connectivity index (χ0n) is 35.3. The maximum atomic E-state index is 3.39. The Morgan fingerprint density at radius 3 is 1.31 bits per heavy atom. The molecule has 0 radical (unpaired) electrons. The van der Waals surface area contributed by atoms with Crippen LogP contribution in [-0.4, -0.2) is 28.2 Å². The van der Waals surface area contributed by atoms with Crippen molar-refractivity contribution in [2.45, 2.75) is 51.1 Å². The molecular formula is C56H55N2P3. The Hall–Kier alpha value is -4.95. The topological polar surface area (TPSA) is 6.48 Å². The standard InChI is InChI=1S/C56H55N2P3/c1-56(45-27-10-28-46-56)55(57(2)59(48-31-13-4-14-32-48)49-33-15-5-16-34-49)44-26-25-43-54(47-29-11-3-12-30-47)58(60(50-35-17-6-18-36-50)51-37-19-7-20-38-51)61(52-39-21-8-22-40-52)53-41-23-9-24-42-53/h4-11,13-24,27-42,45,54-55H,25-26,43-44,46H2,1-2H3. The third kappa shape index (κ3) is 10.4. The van der Waals surface area contributed by atoms with Crippen molar-refractivity contribution >= 4 is 56.0 Å². The van der Waals surface area contributed by atoms with Crippen LogP contribution in [0.25, 0.3) is 0 Å². The third-order valence-corrected chi connectivity index (χ3v) is 19.9. The molecule has 6 aromatic carbocycles. The molecule has 0 spiro atoms. The van der Waals surface area contributed by atoms with Gasteiger partial charge in [-0.15, -0.1) is 0 Å². The summed E-state index contributed by atoms with van der Waals surface area (Å²) in [5.74, 6) is 0. The number of nitrogens with zero attached hydrogens (tertiary/aromatic N) is 2. The molecule has 3 atom stereocenters. The van der Waals surface area contributed by atoms with Crippen molar-refractivity contribution in [1.82, 2.24) is 9.11 Å². The lowest BCUT2D eigenvalue weighted by Gasteiger charge is -2.46. The van der Waals surface area contributed by atoms with E-state index in [1.54, 1.807) is 0 Å². The van der Waals surface area contributed by atoms with Crippen LogP contribution in [0.4, 0.5) is 0 Å². The van der Waals surface area contributed by atoms with Gasteiger partial charge in [-0.2, -0.15) is 0 Å². The SMILES string of the molecule is CN(C(CCCCC(C1=CC=C=C=C1)N(P(c1ccccc1)c1ccccc1)P(c1ccccc1)c1ccccc1)C1(C)C=CC=CC1)P(c1ccccc1)c1ccccc1. The Bertz CT molecular complexity index is 2280. The van der Waals surface area contributed by atoms with Crippen LogP contribution >= 0.6 is 24.2 Å². The van der Waals surface area contributed by atoms with E-state index in [-0.39, 0.29) is 11.5 Å². The first-order chi connectivity index (χ1) is 30.1. The van der Waals surface area contributed by atoms with Crippen LogP contribution in [-0.2, 0) is 0 Å². The van der Waals surface area contributed by atoms with Gasteiger partial charge in [0.25, 0.3) is 0 Å². The van der Waals surface area contributed by atoms with E-state index in [1.807, 2.05) is 0 Å². The summed E-state index contributed by atoms with van der Waals surface area (Å²) in [6.45, 7) is 2.48. The van der Waals surface area contributed by atoms with Crippen molar-refractivity contribution < 1.29 is 0 Å². The van der Waals surface area contributed by atoms with Gasteiger partial charge >= 0.3 is 0 Å². The van der Waals surface area contributed by atoms with Crippen LogP contribution in [0.3, 0.4) is 0 Å². The molecule has 3 unspecified atom stereocenters. The van der Waals surface area contributed by atoms with Crippen molar-refractivity contribution in [2.24, 2.45) is 5.41 Å². The lowest BCUT2D eigenvalue weighted by Crippen LogP contribution is -2.44. The summed E-state index contributed by atoms with van der Waals surface area (Å²) in [5, 5.41) is 8.24. The zero-order chi connectivity index (χ0) is 41.7. The van der Waals surface area contributed by atoms with Gasteiger partial charge in [0.15, 0.2) is 0 Å². The maximum Gasteiger partial charge on any atom is 0.0443 e. The highest BCUT2D eigenvalue weighted by atomic mass is 31.2. The summed E-state index contributed by atoms with van der Waals surface area (Å²) in [6, 6.07) is 67.9. The fourth-order valence-corrected chi connectivity index (χ4v) is 17.8. The highest BCUT2D eigenvalue weighted by Crippen LogP contribution is 2.58. The molecule has 0 heterocycles. The summed E-state index contributed by atoms with van der Waals surface area (Å²) in [6.07, 6.45) is 21.3. The van der Waals surface area contributed by atoms with Gasteiger partial charge in [0.05, 0.1) is 0 Å². The molecule has 0 N–H and O–H groups in total. The highest BCUT2D eigenvalue weighted by molar-refractivity contribution is 7.84. The second-order valence-corrected chi connectivity index (χ2v) is 22.7. The molecular weight excluding hydrogens is 794 g/mol. The molecule has 6 aromatic rings. The van der Waals surface area contributed by atoms with E-state index in [1.165, 1.54) is 37.4 Å². The van der Waals surface area contributed by atoms with Gasteiger partial charge in [0, 0.05) is 41.7 Å². The minimum Gasteiger partial charge on any atom is -0.274 e. The second kappa shape index (κ2) is 21.2. The zero-order valence-corrected chi connectivity index (χ0v) is 38.0. The average molecular weight is 849 g/mol. The van der Waals surface area contributed by atoms with E-state index >= 15 is 0 Å². The lowest BCUT2D eigenvalue weighted by molar-refractivity contribution is 0.201. The van der Waals surface area contributed by atoms with Crippen LogP contribution in [0.2, 0.25) is 0 Å². The van der Waals surface area contributed by atoms with E-state index < -0.39 is 24.2 Å². The maximum absolute atomic E-state index is 3.39. The molecule has 0 amide bonds. The van der Waals surface area contributed by atoms with Gasteiger partial charge in [-0.3, -0.25) is 4.67 Å². The normalized spacial score (nSPS) is 16.8. The molecule has 0 fully saturated rings. The number of benzene rings is 6. The number of rotatable bonds is 18. The van der Waals surface area contributed by atoms with E-state index in [9.17, 15) is 0 Å². The van der Waals surface area contributed by atoms with Crippen molar-refractivity contribution in [3.05, 3.63) is 242 Å². The molecule has 0 aliphatic heterocycles. The molecule has 0 saturated heterocycles. The largest absolute Gasteiger partial charge is 0.274 e. The second-order valence-electron chi connectivity index (χ2n) is 15.9. The fourth-order valence-electron chi connectivity index (χ4n) is 8.80. The van der Waals surface area contributed by atoms with Crippen LogP contribution in [0.5, 0.6) is 0 Å². The first-order valence-corrected chi connectivity index (χ1v) is 25.4. The number of unbranched alkanes of at least 4 members (excludes halogenated alkanes) is 1. The first-order valence-electron chi connectivity index (χ1n) is 21.6. The number of allylic oxidation sites excluding steroid dienone is 5. The smallest absolute Gasteiger partial charge is 0.0443 e. The number of hydrogen-bond acceptors (Lipinski definition) is 2. The molecule has 2 aliphatic carbocycles. The Morgan fingerprint density at radius 1 is 0.525 bits per heavy atom. The first kappa shape index (κ1) is 42.7.